The summed E-state index contributed by atoms with van der Waals surface area (Å²) in [6.45, 7) is 3.93. The monoisotopic (exact) mass is 382 g/mol. The molecule has 0 bridgehead atoms. The molecule has 0 saturated heterocycles. The molecule has 1 aliphatic carbocycles. The minimum Gasteiger partial charge on any atom is -0.469 e. The van der Waals surface area contributed by atoms with E-state index in [-0.39, 0.29) is 17.8 Å². The van der Waals surface area contributed by atoms with E-state index >= 15 is 0 Å². The minimum absolute atomic E-state index is 0.0560. The van der Waals surface area contributed by atoms with Gasteiger partial charge in [-0.3, -0.25) is 4.79 Å². The Bertz CT molecular complexity index is 483. The highest BCUT2D eigenvalue weighted by Gasteiger charge is 2.39. The van der Waals surface area contributed by atoms with Crippen LogP contribution in [-0.2, 0) is 9.53 Å². The summed E-state index contributed by atoms with van der Waals surface area (Å²) in [4.78, 5) is 11.1. The van der Waals surface area contributed by atoms with Crippen LogP contribution in [0.25, 0.3) is 0 Å². The molecule has 3 N–H and O–H groups in total. The quantitative estimate of drug-likeness (QED) is 0.273. The van der Waals surface area contributed by atoms with Crippen molar-refractivity contribution in [2.45, 2.75) is 89.4 Å². The summed E-state index contributed by atoms with van der Waals surface area (Å²) in [6.07, 6.45) is 13.4. The Kier molecular flexibility index (Phi) is 10.9. The van der Waals surface area contributed by atoms with Gasteiger partial charge in [-0.05, 0) is 38.5 Å². The van der Waals surface area contributed by atoms with Gasteiger partial charge in [0.2, 0.25) is 0 Å². The lowest BCUT2D eigenvalue weighted by molar-refractivity contribution is -0.140. The van der Waals surface area contributed by atoms with Crippen LogP contribution in [-0.4, -0.2) is 46.2 Å². The van der Waals surface area contributed by atoms with E-state index in [2.05, 4.69) is 11.7 Å². The number of allylic oxidation sites excluding steroid dienone is 2. The third-order valence-corrected chi connectivity index (χ3v) is 5.43. The van der Waals surface area contributed by atoms with Gasteiger partial charge in [0.15, 0.2) is 0 Å². The van der Waals surface area contributed by atoms with Gasteiger partial charge in [-0.1, -0.05) is 50.5 Å². The molecular weight excluding hydrogens is 344 g/mol. The number of esters is 1. The van der Waals surface area contributed by atoms with Crippen LogP contribution in [0.4, 0.5) is 0 Å². The number of hydrogen-bond donors (Lipinski definition) is 3. The van der Waals surface area contributed by atoms with Crippen LogP contribution < -0.4 is 0 Å². The molecule has 0 heterocycles. The van der Waals surface area contributed by atoms with Crippen LogP contribution >= 0.6 is 0 Å². The smallest absolute Gasteiger partial charge is 0.305 e. The van der Waals surface area contributed by atoms with Crippen LogP contribution in [0.15, 0.2) is 24.3 Å². The normalized spacial score (nSPS) is 28.1. The number of rotatable bonds is 12. The van der Waals surface area contributed by atoms with Crippen molar-refractivity contribution >= 4 is 5.97 Å². The van der Waals surface area contributed by atoms with Crippen molar-refractivity contribution in [3.8, 4) is 0 Å². The lowest BCUT2D eigenvalue weighted by atomic mass is 9.88. The van der Waals surface area contributed by atoms with E-state index in [0.29, 0.717) is 25.7 Å². The second kappa shape index (κ2) is 12.3. The maximum Gasteiger partial charge on any atom is 0.305 e. The van der Waals surface area contributed by atoms with E-state index in [1.807, 2.05) is 18.2 Å². The van der Waals surface area contributed by atoms with Crippen molar-refractivity contribution in [1.29, 1.82) is 0 Å². The second-order valence-electron chi connectivity index (χ2n) is 7.96. The van der Waals surface area contributed by atoms with Gasteiger partial charge in [0.1, 0.15) is 0 Å². The van der Waals surface area contributed by atoms with Gasteiger partial charge in [0.25, 0.3) is 0 Å². The largest absolute Gasteiger partial charge is 0.469 e. The molecule has 0 amide bonds. The van der Waals surface area contributed by atoms with Crippen LogP contribution in [0.1, 0.15) is 71.6 Å². The molecule has 0 aromatic carbocycles. The van der Waals surface area contributed by atoms with Gasteiger partial charge in [-0.15, -0.1) is 0 Å². The zero-order chi connectivity index (χ0) is 20.3. The summed E-state index contributed by atoms with van der Waals surface area (Å²) in [5.74, 6) is -0.411. The van der Waals surface area contributed by atoms with Crippen LogP contribution in [0.5, 0.6) is 0 Å². The Hall–Kier alpha value is -1.17. The Morgan fingerprint density at radius 1 is 1.19 bits per heavy atom. The van der Waals surface area contributed by atoms with Gasteiger partial charge in [0, 0.05) is 18.8 Å². The molecule has 0 aromatic rings. The van der Waals surface area contributed by atoms with Crippen molar-refractivity contribution in [3.05, 3.63) is 24.3 Å². The van der Waals surface area contributed by atoms with E-state index in [4.69, 9.17) is 0 Å². The fourth-order valence-electron chi connectivity index (χ4n) is 3.68. The summed E-state index contributed by atoms with van der Waals surface area (Å²) >= 11 is 0. The standard InChI is InChI=1S/C22H38O5/c1-4-5-10-14-22(2,26)15-13-18-17(19(23)16-20(18)24)11-8-6-7-9-12-21(25)27-3/h6,8,13,15,17-20,23-24,26H,4-5,7,9-12,14,16H2,1-3H3/b8-6+,15-13+/t17-,18?,19+,20-,22-/m0/s1. The molecular formula is C22H38O5. The average Bonchev–Trinajstić information content (AvgIpc) is 2.89. The summed E-state index contributed by atoms with van der Waals surface area (Å²) < 4.78 is 4.61. The first-order chi connectivity index (χ1) is 12.8. The molecule has 156 valence electrons. The highest BCUT2D eigenvalue weighted by molar-refractivity contribution is 5.69. The summed E-state index contributed by atoms with van der Waals surface area (Å²) in [7, 11) is 1.39. The topological polar surface area (TPSA) is 87.0 Å². The number of carbonyl (C=O) groups is 1. The van der Waals surface area contributed by atoms with Gasteiger partial charge >= 0.3 is 5.97 Å². The Morgan fingerprint density at radius 2 is 1.93 bits per heavy atom. The number of methoxy groups -OCH3 is 1. The molecule has 0 spiro atoms. The van der Waals surface area contributed by atoms with E-state index < -0.39 is 17.8 Å². The first-order valence-corrected chi connectivity index (χ1v) is 10.3. The number of aliphatic hydroxyl groups is 3. The van der Waals surface area contributed by atoms with Crippen LogP contribution in [0.3, 0.4) is 0 Å². The van der Waals surface area contributed by atoms with E-state index in [1.54, 1.807) is 13.0 Å². The highest BCUT2D eigenvalue weighted by atomic mass is 16.5. The van der Waals surface area contributed by atoms with Gasteiger partial charge < -0.3 is 20.1 Å². The zero-order valence-electron chi connectivity index (χ0n) is 17.1. The molecule has 0 radical (unpaired) electrons. The molecule has 1 rings (SSSR count). The lowest BCUT2D eigenvalue weighted by Crippen LogP contribution is -2.24. The van der Waals surface area contributed by atoms with Crippen molar-refractivity contribution in [1.82, 2.24) is 0 Å². The highest BCUT2D eigenvalue weighted by Crippen LogP contribution is 2.37. The number of carbonyl (C=O) groups excluding carboxylic acids is 1. The second-order valence-corrected chi connectivity index (χ2v) is 7.96. The molecule has 5 atom stereocenters. The minimum atomic E-state index is -0.878. The first kappa shape index (κ1) is 23.9. The van der Waals surface area contributed by atoms with Crippen molar-refractivity contribution in [3.63, 3.8) is 0 Å². The van der Waals surface area contributed by atoms with E-state index in [9.17, 15) is 20.1 Å². The zero-order valence-corrected chi connectivity index (χ0v) is 17.1. The summed E-state index contributed by atoms with van der Waals surface area (Å²) in [5.41, 5.74) is -0.878. The van der Waals surface area contributed by atoms with Crippen molar-refractivity contribution < 1.29 is 24.9 Å². The Morgan fingerprint density at radius 3 is 2.59 bits per heavy atom. The molecule has 5 nitrogen and oxygen atoms in total. The van der Waals surface area contributed by atoms with Crippen molar-refractivity contribution in [2.24, 2.45) is 11.8 Å². The number of hydrogen-bond acceptors (Lipinski definition) is 5. The van der Waals surface area contributed by atoms with Gasteiger partial charge in [-0.25, -0.2) is 0 Å². The number of aliphatic hydroxyl groups excluding tert-OH is 2. The molecule has 1 aliphatic rings. The van der Waals surface area contributed by atoms with Crippen LogP contribution in [0.2, 0.25) is 0 Å². The maximum absolute atomic E-state index is 11.1. The molecule has 27 heavy (non-hydrogen) atoms. The van der Waals surface area contributed by atoms with E-state index in [0.717, 1.165) is 32.1 Å². The predicted octanol–water partition coefficient (Wildman–Crippen LogP) is 3.52. The van der Waals surface area contributed by atoms with E-state index in [1.165, 1.54) is 7.11 Å². The fraction of sp³-hybridized carbons (Fsp3) is 0.773. The molecule has 1 saturated carbocycles. The molecule has 5 heteroatoms. The third-order valence-electron chi connectivity index (χ3n) is 5.43. The lowest BCUT2D eigenvalue weighted by Gasteiger charge is -2.23. The summed E-state index contributed by atoms with van der Waals surface area (Å²) in [6, 6.07) is 0. The first-order valence-electron chi connectivity index (χ1n) is 10.3. The van der Waals surface area contributed by atoms with Gasteiger partial charge in [0.05, 0.1) is 24.9 Å². The third kappa shape index (κ3) is 9.04. The molecule has 1 fully saturated rings. The number of ether oxygens (including phenoxy) is 1. The number of unbranched alkanes of at least 4 members (excludes halogenated alkanes) is 3. The SMILES string of the molecule is CCCCC[C@](C)(O)/C=C/C1[C@@H](O)C[C@@H](O)[C@H]1C/C=C/CCCC(=O)OC. The molecule has 0 aliphatic heterocycles. The molecule has 0 aromatic heterocycles. The summed E-state index contributed by atoms with van der Waals surface area (Å²) in [5, 5.41) is 31.1. The predicted molar refractivity (Wildman–Crippen MR) is 107 cm³/mol. The molecule has 1 unspecified atom stereocenters. The average molecular weight is 383 g/mol. The fourth-order valence-corrected chi connectivity index (χ4v) is 3.68. The van der Waals surface area contributed by atoms with Gasteiger partial charge in [-0.2, -0.15) is 0 Å². The Balaban J connectivity index is 2.54. The van der Waals surface area contributed by atoms with Crippen molar-refractivity contribution in [2.75, 3.05) is 7.11 Å². The maximum atomic E-state index is 11.1. The Labute approximate surface area is 164 Å². The van der Waals surface area contributed by atoms with Crippen LogP contribution in [0, 0.1) is 11.8 Å².